The van der Waals surface area contributed by atoms with Crippen molar-refractivity contribution in [2.24, 2.45) is 0 Å². The number of aryl methyl sites for hydroxylation is 1. The number of piperidine rings is 1. The van der Waals surface area contributed by atoms with Crippen LogP contribution in [0.2, 0.25) is 0 Å². The van der Waals surface area contributed by atoms with E-state index >= 15 is 0 Å². The van der Waals surface area contributed by atoms with Crippen LogP contribution in [0.15, 0.2) is 30.6 Å². The van der Waals surface area contributed by atoms with Crippen LogP contribution in [0, 0.1) is 6.92 Å². The molecule has 0 unspecified atom stereocenters. The smallest absolute Gasteiger partial charge is 0.228 e. The van der Waals surface area contributed by atoms with Gasteiger partial charge in [-0.1, -0.05) is 6.07 Å². The lowest BCUT2D eigenvalue weighted by Crippen LogP contribution is -2.36. The van der Waals surface area contributed by atoms with Crippen LogP contribution >= 0.6 is 0 Å². The van der Waals surface area contributed by atoms with Gasteiger partial charge in [-0.2, -0.15) is 0 Å². The molecule has 2 aromatic rings. The fourth-order valence-corrected chi connectivity index (χ4v) is 3.04. The molecular formula is C18H25N5O. The van der Waals surface area contributed by atoms with Gasteiger partial charge in [0, 0.05) is 38.5 Å². The molecule has 1 aliphatic heterocycles. The van der Waals surface area contributed by atoms with Crippen LogP contribution in [0.25, 0.3) is 0 Å². The quantitative estimate of drug-likeness (QED) is 0.880. The molecule has 24 heavy (non-hydrogen) atoms. The lowest BCUT2D eigenvalue weighted by atomic mass is 9.94. The third-order valence-corrected chi connectivity index (χ3v) is 4.36. The minimum absolute atomic E-state index is 0.449. The van der Waals surface area contributed by atoms with E-state index in [2.05, 4.69) is 20.2 Å². The van der Waals surface area contributed by atoms with Gasteiger partial charge >= 0.3 is 0 Å². The van der Waals surface area contributed by atoms with Crippen molar-refractivity contribution in [1.82, 2.24) is 19.9 Å². The Hall–Kier alpha value is -2.05. The molecule has 0 aromatic carbocycles. The molecular weight excluding hydrogens is 302 g/mol. The van der Waals surface area contributed by atoms with E-state index in [1.54, 1.807) is 7.11 Å². The molecule has 0 radical (unpaired) electrons. The van der Waals surface area contributed by atoms with Crippen molar-refractivity contribution in [2.75, 3.05) is 38.7 Å². The highest BCUT2D eigenvalue weighted by atomic mass is 16.5. The lowest BCUT2D eigenvalue weighted by Gasteiger charge is -2.32. The number of rotatable bonds is 6. The zero-order chi connectivity index (χ0) is 16.8. The Morgan fingerprint density at radius 1 is 1.29 bits per heavy atom. The number of aromatic nitrogens is 3. The molecule has 1 atom stereocenters. The first-order chi connectivity index (χ1) is 11.7. The van der Waals surface area contributed by atoms with Crippen LogP contribution in [0.5, 0.6) is 0 Å². The first-order valence-corrected chi connectivity index (χ1v) is 8.48. The van der Waals surface area contributed by atoms with Gasteiger partial charge in [0.2, 0.25) is 5.95 Å². The molecule has 1 N–H and O–H groups in total. The van der Waals surface area contributed by atoms with Gasteiger partial charge < -0.3 is 15.0 Å². The number of anilines is 2. The highest BCUT2D eigenvalue weighted by Crippen LogP contribution is 2.26. The molecule has 1 fully saturated rings. The first kappa shape index (κ1) is 16.8. The molecule has 0 saturated carbocycles. The Labute approximate surface area is 143 Å². The molecule has 6 heteroatoms. The SMILES string of the molecule is COCCN1CCC[C@H](c2ccnc(Nc3ccc(C)cn3)n2)C1. The van der Waals surface area contributed by atoms with E-state index in [4.69, 9.17) is 9.72 Å². The maximum absolute atomic E-state index is 5.20. The van der Waals surface area contributed by atoms with E-state index in [-0.39, 0.29) is 0 Å². The maximum Gasteiger partial charge on any atom is 0.228 e. The molecule has 3 heterocycles. The van der Waals surface area contributed by atoms with Crippen molar-refractivity contribution >= 4 is 11.8 Å². The minimum atomic E-state index is 0.449. The average Bonchev–Trinajstić information content (AvgIpc) is 2.62. The van der Waals surface area contributed by atoms with Gasteiger partial charge in [0.05, 0.1) is 12.3 Å². The van der Waals surface area contributed by atoms with Crippen molar-refractivity contribution in [3.8, 4) is 0 Å². The zero-order valence-electron chi connectivity index (χ0n) is 14.4. The maximum atomic E-state index is 5.20. The van der Waals surface area contributed by atoms with Gasteiger partial charge in [0.25, 0.3) is 0 Å². The van der Waals surface area contributed by atoms with Crippen molar-refractivity contribution in [2.45, 2.75) is 25.7 Å². The Morgan fingerprint density at radius 3 is 3.00 bits per heavy atom. The van der Waals surface area contributed by atoms with E-state index in [1.165, 1.54) is 12.8 Å². The molecule has 3 rings (SSSR count). The van der Waals surface area contributed by atoms with Crippen molar-refractivity contribution in [3.05, 3.63) is 41.9 Å². The van der Waals surface area contributed by atoms with Crippen molar-refractivity contribution in [3.63, 3.8) is 0 Å². The summed E-state index contributed by atoms with van der Waals surface area (Å²) in [7, 11) is 1.75. The summed E-state index contributed by atoms with van der Waals surface area (Å²) in [4.78, 5) is 15.8. The second-order valence-electron chi connectivity index (χ2n) is 6.28. The summed E-state index contributed by atoms with van der Waals surface area (Å²) in [6.07, 6.45) is 6.03. The third kappa shape index (κ3) is 4.49. The number of nitrogens with zero attached hydrogens (tertiary/aromatic N) is 4. The van der Waals surface area contributed by atoms with E-state index in [9.17, 15) is 0 Å². The fraction of sp³-hybridized carbons (Fsp3) is 0.500. The van der Waals surface area contributed by atoms with Crippen LogP contribution < -0.4 is 5.32 Å². The van der Waals surface area contributed by atoms with Gasteiger partial charge in [-0.05, 0) is 44.0 Å². The summed E-state index contributed by atoms with van der Waals surface area (Å²) in [6, 6.07) is 5.99. The standard InChI is InChI=1S/C18H25N5O/c1-14-5-6-17(20-12-14)22-18-19-8-7-16(21-18)15-4-3-9-23(13-15)10-11-24-2/h5-8,12,15H,3-4,9-11,13H2,1-2H3,(H,19,20,21,22)/t15-/m0/s1. The molecule has 0 spiro atoms. The zero-order valence-corrected chi connectivity index (χ0v) is 14.4. The fourth-order valence-electron chi connectivity index (χ4n) is 3.04. The predicted molar refractivity (Wildman–Crippen MR) is 94.6 cm³/mol. The number of ether oxygens (including phenoxy) is 1. The van der Waals surface area contributed by atoms with Crippen LogP contribution in [0.4, 0.5) is 11.8 Å². The molecule has 6 nitrogen and oxygen atoms in total. The second-order valence-corrected chi connectivity index (χ2v) is 6.28. The van der Waals surface area contributed by atoms with Crippen molar-refractivity contribution in [1.29, 1.82) is 0 Å². The number of nitrogens with one attached hydrogen (secondary N) is 1. The first-order valence-electron chi connectivity index (χ1n) is 8.48. The number of likely N-dealkylation sites (tertiary alicyclic amines) is 1. The summed E-state index contributed by atoms with van der Waals surface area (Å²) in [5, 5.41) is 3.19. The highest BCUT2D eigenvalue weighted by molar-refractivity contribution is 5.47. The summed E-state index contributed by atoms with van der Waals surface area (Å²) in [5.41, 5.74) is 2.23. The Bertz CT molecular complexity index is 646. The lowest BCUT2D eigenvalue weighted by molar-refractivity contribution is 0.127. The van der Waals surface area contributed by atoms with Crippen LogP contribution in [-0.4, -0.2) is 53.2 Å². The number of pyridine rings is 1. The average molecular weight is 327 g/mol. The van der Waals surface area contributed by atoms with E-state index in [0.717, 1.165) is 43.3 Å². The molecule has 0 bridgehead atoms. The summed E-state index contributed by atoms with van der Waals surface area (Å²) in [6.45, 7) is 5.96. The number of hydrogen-bond donors (Lipinski definition) is 1. The molecule has 2 aromatic heterocycles. The number of methoxy groups -OCH3 is 1. The highest BCUT2D eigenvalue weighted by Gasteiger charge is 2.22. The second kappa shape index (κ2) is 8.17. The summed E-state index contributed by atoms with van der Waals surface area (Å²) >= 11 is 0. The molecule has 128 valence electrons. The summed E-state index contributed by atoms with van der Waals surface area (Å²) in [5.74, 6) is 1.83. The molecule has 1 aliphatic rings. The summed E-state index contributed by atoms with van der Waals surface area (Å²) < 4.78 is 5.20. The Kier molecular flexibility index (Phi) is 5.72. The van der Waals surface area contributed by atoms with E-state index < -0.39 is 0 Å². The Morgan fingerprint density at radius 2 is 2.21 bits per heavy atom. The normalized spacial score (nSPS) is 18.5. The predicted octanol–water partition coefficient (Wildman–Crippen LogP) is 2.75. The largest absolute Gasteiger partial charge is 0.383 e. The molecule has 1 saturated heterocycles. The monoisotopic (exact) mass is 327 g/mol. The van der Waals surface area contributed by atoms with Crippen LogP contribution in [0.3, 0.4) is 0 Å². The van der Waals surface area contributed by atoms with Gasteiger partial charge in [-0.3, -0.25) is 0 Å². The molecule has 0 aliphatic carbocycles. The number of hydrogen-bond acceptors (Lipinski definition) is 6. The van der Waals surface area contributed by atoms with Crippen LogP contribution in [0.1, 0.15) is 30.0 Å². The Balaban J connectivity index is 1.67. The topological polar surface area (TPSA) is 63.2 Å². The van der Waals surface area contributed by atoms with Crippen LogP contribution in [-0.2, 0) is 4.74 Å². The van der Waals surface area contributed by atoms with E-state index in [1.807, 2.05) is 37.5 Å². The van der Waals surface area contributed by atoms with Gasteiger partial charge in [0.1, 0.15) is 5.82 Å². The van der Waals surface area contributed by atoms with Gasteiger partial charge in [0.15, 0.2) is 0 Å². The third-order valence-electron chi connectivity index (χ3n) is 4.36. The van der Waals surface area contributed by atoms with Crippen molar-refractivity contribution < 1.29 is 4.74 Å². The van der Waals surface area contributed by atoms with Gasteiger partial charge in [-0.15, -0.1) is 0 Å². The van der Waals surface area contributed by atoms with Gasteiger partial charge in [-0.25, -0.2) is 15.0 Å². The minimum Gasteiger partial charge on any atom is -0.383 e. The molecule has 0 amide bonds. The van der Waals surface area contributed by atoms with E-state index in [0.29, 0.717) is 11.9 Å².